The summed E-state index contributed by atoms with van der Waals surface area (Å²) in [5.41, 5.74) is 0. The molecule has 0 rings (SSSR count). The van der Waals surface area contributed by atoms with Gasteiger partial charge in [0.2, 0.25) is 0 Å². The maximum absolute atomic E-state index is 12.2. The molecule has 0 aliphatic carbocycles. The molecule has 4 nitrogen and oxygen atoms in total. The normalized spacial score (nSPS) is 13.1. The SMILES string of the molecule is CC/C=C\C/C=C\C/C=C\C/C=C\C/C=C\CCCCCCCCCCCCOCC(CO)OC(=O)CCCCCCCCCCC/C=C\C/C=C\CCCCC. The first-order valence-electron chi connectivity index (χ1n) is 24.2. The molecule has 0 heterocycles. The minimum absolute atomic E-state index is 0.179. The van der Waals surface area contributed by atoms with Crippen LogP contribution in [0.15, 0.2) is 85.1 Å². The van der Waals surface area contributed by atoms with Crippen LogP contribution in [0.5, 0.6) is 0 Å². The van der Waals surface area contributed by atoms with E-state index in [2.05, 4.69) is 98.9 Å². The van der Waals surface area contributed by atoms with E-state index in [1.807, 2.05) is 0 Å². The molecule has 1 N–H and O–H groups in total. The van der Waals surface area contributed by atoms with Crippen molar-refractivity contribution in [2.24, 2.45) is 0 Å². The lowest BCUT2D eigenvalue weighted by Crippen LogP contribution is -2.27. The highest BCUT2D eigenvalue weighted by molar-refractivity contribution is 5.69. The van der Waals surface area contributed by atoms with Crippen LogP contribution in [-0.2, 0) is 14.3 Å². The van der Waals surface area contributed by atoms with E-state index in [0.717, 1.165) is 57.8 Å². The molecular weight excluding hydrogens is 701 g/mol. The van der Waals surface area contributed by atoms with Gasteiger partial charge in [0.05, 0.1) is 13.2 Å². The van der Waals surface area contributed by atoms with E-state index in [4.69, 9.17) is 9.47 Å². The van der Waals surface area contributed by atoms with Crippen LogP contribution < -0.4 is 0 Å². The average molecular weight is 793 g/mol. The van der Waals surface area contributed by atoms with Crippen molar-refractivity contribution in [1.82, 2.24) is 0 Å². The monoisotopic (exact) mass is 793 g/mol. The highest BCUT2D eigenvalue weighted by atomic mass is 16.6. The number of hydrogen-bond acceptors (Lipinski definition) is 4. The maximum Gasteiger partial charge on any atom is 0.306 e. The first-order valence-corrected chi connectivity index (χ1v) is 24.2. The van der Waals surface area contributed by atoms with Gasteiger partial charge in [-0.1, -0.05) is 208 Å². The summed E-state index contributed by atoms with van der Waals surface area (Å²) in [6.45, 7) is 5.20. The van der Waals surface area contributed by atoms with Crippen LogP contribution in [0.25, 0.3) is 0 Å². The Bertz CT molecular complexity index is 1020. The Labute approximate surface area is 354 Å². The third-order valence-electron chi connectivity index (χ3n) is 10.2. The Morgan fingerprint density at radius 2 is 0.789 bits per heavy atom. The molecular formula is C53H92O4. The van der Waals surface area contributed by atoms with Crippen molar-refractivity contribution in [3.05, 3.63) is 85.1 Å². The molecule has 0 aliphatic rings. The number of ether oxygens (including phenoxy) is 2. The molecule has 0 spiro atoms. The van der Waals surface area contributed by atoms with Crippen LogP contribution >= 0.6 is 0 Å². The first-order chi connectivity index (χ1) is 28.2. The standard InChI is InChI=1S/C53H92O4/c1-3-5-7-9-11-13-15-17-19-21-23-24-25-26-27-28-29-31-33-35-37-39-41-43-45-47-49-56-51-52(50-54)57-53(55)48-46-44-42-40-38-36-34-32-30-22-20-18-16-14-12-10-8-6-4-2/h5,7,11-14,17-20,23-24,26-27,52,54H,3-4,6,8-10,15-16,21-22,25,28-51H2,1-2H3/b7-5-,13-11-,14-12-,19-17-,20-18-,24-23-,27-26-. The van der Waals surface area contributed by atoms with Crippen LogP contribution in [0.1, 0.15) is 219 Å². The molecule has 328 valence electrons. The van der Waals surface area contributed by atoms with Gasteiger partial charge in [0.25, 0.3) is 0 Å². The number of allylic oxidation sites excluding steroid dienone is 14. The van der Waals surface area contributed by atoms with Crippen LogP contribution in [0.2, 0.25) is 0 Å². The van der Waals surface area contributed by atoms with Crippen LogP contribution in [0.4, 0.5) is 0 Å². The van der Waals surface area contributed by atoms with Crippen LogP contribution in [0.3, 0.4) is 0 Å². The van der Waals surface area contributed by atoms with Gasteiger partial charge in [0.15, 0.2) is 0 Å². The van der Waals surface area contributed by atoms with Crippen molar-refractivity contribution < 1.29 is 19.4 Å². The summed E-state index contributed by atoms with van der Waals surface area (Å²) in [5, 5.41) is 9.64. The van der Waals surface area contributed by atoms with Crippen molar-refractivity contribution in [1.29, 1.82) is 0 Å². The fourth-order valence-electron chi connectivity index (χ4n) is 6.62. The van der Waals surface area contributed by atoms with Crippen molar-refractivity contribution in [3.63, 3.8) is 0 Å². The molecule has 1 unspecified atom stereocenters. The first kappa shape index (κ1) is 54.6. The number of unbranched alkanes of at least 4 members (excludes halogenated alkanes) is 22. The lowest BCUT2D eigenvalue weighted by atomic mass is 10.1. The molecule has 0 aromatic heterocycles. The topological polar surface area (TPSA) is 55.8 Å². The van der Waals surface area contributed by atoms with Gasteiger partial charge >= 0.3 is 5.97 Å². The summed E-state index contributed by atoms with van der Waals surface area (Å²) in [4.78, 5) is 12.2. The summed E-state index contributed by atoms with van der Waals surface area (Å²) < 4.78 is 11.2. The lowest BCUT2D eigenvalue weighted by molar-refractivity contribution is -0.154. The molecule has 0 aromatic rings. The van der Waals surface area contributed by atoms with Crippen molar-refractivity contribution in [2.75, 3.05) is 19.8 Å². The van der Waals surface area contributed by atoms with Crippen molar-refractivity contribution in [2.45, 2.75) is 225 Å². The molecule has 0 saturated carbocycles. The van der Waals surface area contributed by atoms with Crippen LogP contribution in [0, 0.1) is 0 Å². The number of rotatable bonds is 44. The van der Waals surface area contributed by atoms with Gasteiger partial charge in [0, 0.05) is 13.0 Å². The molecule has 57 heavy (non-hydrogen) atoms. The highest BCUT2D eigenvalue weighted by Crippen LogP contribution is 2.14. The fraction of sp³-hybridized carbons (Fsp3) is 0.717. The van der Waals surface area contributed by atoms with E-state index < -0.39 is 6.10 Å². The van der Waals surface area contributed by atoms with E-state index in [1.165, 1.54) is 141 Å². The Morgan fingerprint density at radius 1 is 0.439 bits per heavy atom. The molecule has 0 radical (unpaired) electrons. The number of hydrogen-bond donors (Lipinski definition) is 1. The highest BCUT2D eigenvalue weighted by Gasteiger charge is 2.13. The summed E-state index contributed by atoms with van der Waals surface area (Å²) in [7, 11) is 0. The summed E-state index contributed by atoms with van der Waals surface area (Å²) in [6.07, 6.45) is 69.4. The zero-order valence-corrected chi connectivity index (χ0v) is 37.6. The zero-order chi connectivity index (χ0) is 41.2. The second-order valence-corrected chi connectivity index (χ2v) is 15.8. The van der Waals surface area contributed by atoms with Gasteiger partial charge in [-0.3, -0.25) is 4.79 Å². The second kappa shape index (κ2) is 49.7. The average Bonchev–Trinajstić information content (AvgIpc) is 3.22. The Kier molecular flexibility index (Phi) is 47.6. The number of esters is 1. The summed E-state index contributed by atoms with van der Waals surface area (Å²) in [6, 6.07) is 0. The Hall–Kier alpha value is -2.43. The van der Waals surface area contributed by atoms with Gasteiger partial charge < -0.3 is 14.6 Å². The third kappa shape index (κ3) is 47.8. The second-order valence-electron chi connectivity index (χ2n) is 15.8. The van der Waals surface area contributed by atoms with E-state index in [9.17, 15) is 9.90 Å². The van der Waals surface area contributed by atoms with Crippen molar-refractivity contribution in [3.8, 4) is 0 Å². The van der Waals surface area contributed by atoms with E-state index in [0.29, 0.717) is 13.0 Å². The number of carbonyl (C=O) groups excluding carboxylic acids is 1. The van der Waals surface area contributed by atoms with Gasteiger partial charge in [0.1, 0.15) is 6.10 Å². The maximum atomic E-state index is 12.2. The predicted octanol–water partition coefficient (Wildman–Crippen LogP) is 16.3. The molecule has 0 saturated heterocycles. The summed E-state index contributed by atoms with van der Waals surface area (Å²) >= 11 is 0. The Morgan fingerprint density at radius 3 is 1.19 bits per heavy atom. The molecule has 4 heteroatoms. The minimum atomic E-state index is -0.544. The zero-order valence-electron chi connectivity index (χ0n) is 37.6. The van der Waals surface area contributed by atoms with E-state index in [1.54, 1.807) is 0 Å². The molecule has 1 atom stereocenters. The third-order valence-corrected chi connectivity index (χ3v) is 10.2. The molecule has 0 amide bonds. The van der Waals surface area contributed by atoms with E-state index in [-0.39, 0.29) is 19.2 Å². The molecule has 0 fully saturated rings. The largest absolute Gasteiger partial charge is 0.457 e. The summed E-state index contributed by atoms with van der Waals surface area (Å²) in [5.74, 6) is -0.208. The quantitative estimate of drug-likeness (QED) is 0.0379. The predicted molar refractivity (Wildman–Crippen MR) is 251 cm³/mol. The Balaban J connectivity index is 3.46. The smallest absolute Gasteiger partial charge is 0.306 e. The molecule has 0 aliphatic heterocycles. The fourth-order valence-corrected chi connectivity index (χ4v) is 6.62. The lowest BCUT2D eigenvalue weighted by Gasteiger charge is -2.16. The van der Waals surface area contributed by atoms with E-state index >= 15 is 0 Å². The number of aliphatic hydroxyl groups is 1. The van der Waals surface area contributed by atoms with Gasteiger partial charge in [-0.15, -0.1) is 0 Å². The molecule has 0 bridgehead atoms. The van der Waals surface area contributed by atoms with Crippen LogP contribution in [-0.4, -0.2) is 37.0 Å². The van der Waals surface area contributed by atoms with Gasteiger partial charge in [-0.05, 0) is 89.9 Å². The number of aliphatic hydroxyl groups excluding tert-OH is 1. The minimum Gasteiger partial charge on any atom is -0.457 e. The van der Waals surface area contributed by atoms with Crippen molar-refractivity contribution >= 4 is 5.97 Å². The number of carbonyl (C=O) groups is 1. The van der Waals surface area contributed by atoms with Gasteiger partial charge in [-0.25, -0.2) is 0 Å². The van der Waals surface area contributed by atoms with Gasteiger partial charge in [-0.2, -0.15) is 0 Å². The molecule has 0 aromatic carbocycles.